The summed E-state index contributed by atoms with van der Waals surface area (Å²) >= 11 is 1.88. The van der Waals surface area contributed by atoms with Gasteiger partial charge < -0.3 is 10.7 Å². The molecular weight excluding hydrogens is 242 g/mol. The Hall–Kier alpha value is -0.480. The fraction of sp³-hybridized carbons (Fsp3) is 0.786. The van der Waals surface area contributed by atoms with E-state index >= 15 is 0 Å². The van der Waals surface area contributed by atoms with Gasteiger partial charge in [0.2, 0.25) is 0 Å². The normalized spacial score (nSPS) is 29.4. The lowest BCUT2D eigenvalue weighted by molar-refractivity contribution is 0.157. The van der Waals surface area contributed by atoms with E-state index in [1.54, 1.807) is 0 Å². The number of nitrogens with two attached hydrogens (primary N) is 1. The number of rotatable bonds is 3. The molecule has 3 atom stereocenters. The largest absolute Gasteiger partial charge is 0.340 e. The fourth-order valence-electron chi connectivity index (χ4n) is 2.85. The Morgan fingerprint density at radius 1 is 1.44 bits per heavy atom. The van der Waals surface area contributed by atoms with E-state index in [-0.39, 0.29) is 0 Å². The van der Waals surface area contributed by atoms with Crippen molar-refractivity contribution in [3.63, 3.8) is 0 Å². The van der Waals surface area contributed by atoms with E-state index in [1.807, 2.05) is 24.2 Å². The summed E-state index contributed by atoms with van der Waals surface area (Å²) in [6.45, 7) is 7.87. The van der Waals surface area contributed by atoms with Crippen LogP contribution in [-0.4, -0.2) is 21.8 Å². The van der Waals surface area contributed by atoms with Crippen LogP contribution in [0, 0.1) is 17.3 Å². The van der Waals surface area contributed by atoms with Gasteiger partial charge in [0.25, 0.3) is 0 Å². The van der Waals surface area contributed by atoms with Crippen LogP contribution in [0.4, 0.5) is 0 Å². The average Bonchev–Trinajstić information content (AvgIpc) is 2.80. The number of aromatic nitrogens is 2. The molecule has 18 heavy (non-hydrogen) atoms. The van der Waals surface area contributed by atoms with Crippen molar-refractivity contribution in [1.82, 2.24) is 9.97 Å². The highest BCUT2D eigenvalue weighted by Crippen LogP contribution is 2.44. The smallest absolute Gasteiger partial charge is 0.165 e. The van der Waals surface area contributed by atoms with Crippen molar-refractivity contribution in [2.24, 2.45) is 23.0 Å². The van der Waals surface area contributed by atoms with E-state index in [1.165, 1.54) is 19.3 Å². The molecule has 0 amide bonds. The molecule has 1 aliphatic carbocycles. The molecule has 1 aliphatic rings. The van der Waals surface area contributed by atoms with Gasteiger partial charge in [-0.2, -0.15) is 0 Å². The molecule has 0 aliphatic heterocycles. The molecule has 0 bridgehead atoms. The third-order valence-corrected chi connectivity index (χ3v) is 5.52. The van der Waals surface area contributed by atoms with Gasteiger partial charge >= 0.3 is 0 Å². The Labute approximate surface area is 114 Å². The minimum Gasteiger partial charge on any atom is -0.340 e. The maximum Gasteiger partial charge on any atom is 0.165 e. The monoisotopic (exact) mass is 267 g/mol. The van der Waals surface area contributed by atoms with Crippen molar-refractivity contribution in [2.45, 2.75) is 50.4 Å². The Bertz CT molecular complexity index is 356. The minimum absolute atomic E-state index is 0.404. The number of hydrogen-bond acceptors (Lipinski definition) is 3. The second kappa shape index (κ2) is 5.66. The van der Waals surface area contributed by atoms with Gasteiger partial charge in [-0.3, -0.25) is 0 Å². The van der Waals surface area contributed by atoms with Crippen molar-refractivity contribution in [3.05, 3.63) is 12.4 Å². The number of nitrogens with zero attached hydrogens (tertiary/aromatic N) is 1. The summed E-state index contributed by atoms with van der Waals surface area (Å²) in [4.78, 5) is 7.53. The molecular formula is C14H25N3S. The number of thioether (sulfide) groups is 1. The molecule has 0 aromatic carbocycles. The van der Waals surface area contributed by atoms with Gasteiger partial charge in [0.15, 0.2) is 5.16 Å². The van der Waals surface area contributed by atoms with Crippen LogP contribution in [0.3, 0.4) is 0 Å². The van der Waals surface area contributed by atoms with Crippen LogP contribution in [0.1, 0.15) is 40.0 Å². The number of imidazole rings is 1. The average molecular weight is 267 g/mol. The van der Waals surface area contributed by atoms with Gasteiger partial charge in [-0.15, -0.1) is 0 Å². The Morgan fingerprint density at radius 3 is 2.78 bits per heavy atom. The summed E-state index contributed by atoms with van der Waals surface area (Å²) in [5, 5.41) is 1.65. The zero-order valence-electron chi connectivity index (χ0n) is 11.6. The highest BCUT2D eigenvalue weighted by atomic mass is 32.2. The van der Waals surface area contributed by atoms with Crippen LogP contribution in [0.2, 0.25) is 0 Å². The molecule has 2 rings (SSSR count). The van der Waals surface area contributed by atoms with E-state index in [9.17, 15) is 0 Å². The molecule has 0 radical (unpaired) electrons. The molecule has 3 N–H and O–H groups in total. The first-order valence-electron chi connectivity index (χ1n) is 6.87. The minimum atomic E-state index is 0.404. The number of hydrogen-bond donors (Lipinski definition) is 2. The number of nitrogens with one attached hydrogen (secondary N) is 1. The number of aromatic amines is 1. The molecule has 1 saturated carbocycles. The predicted octanol–water partition coefficient (Wildman–Crippen LogP) is 3.29. The maximum atomic E-state index is 5.93. The van der Waals surface area contributed by atoms with E-state index in [0.717, 1.165) is 17.6 Å². The van der Waals surface area contributed by atoms with E-state index in [2.05, 4.69) is 30.7 Å². The van der Waals surface area contributed by atoms with Crippen LogP contribution in [0.15, 0.2) is 17.6 Å². The standard InChI is InChI=1S/C14H25N3S/c1-14(2,3)11-5-4-10(9-15)12(8-11)18-13-16-6-7-17-13/h6-7,10-12H,4-5,8-9,15H2,1-3H3,(H,16,17). The van der Waals surface area contributed by atoms with Crippen molar-refractivity contribution in [3.8, 4) is 0 Å². The quantitative estimate of drug-likeness (QED) is 0.883. The zero-order chi connectivity index (χ0) is 13.2. The lowest BCUT2D eigenvalue weighted by atomic mass is 9.69. The second-order valence-electron chi connectivity index (χ2n) is 6.42. The third-order valence-electron chi connectivity index (χ3n) is 4.19. The van der Waals surface area contributed by atoms with Crippen LogP contribution >= 0.6 is 11.8 Å². The molecule has 3 nitrogen and oxygen atoms in total. The summed E-state index contributed by atoms with van der Waals surface area (Å²) in [7, 11) is 0. The summed E-state index contributed by atoms with van der Waals surface area (Å²) < 4.78 is 0. The van der Waals surface area contributed by atoms with Crippen molar-refractivity contribution < 1.29 is 0 Å². The molecule has 1 heterocycles. The molecule has 0 saturated heterocycles. The molecule has 4 heteroatoms. The van der Waals surface area contributed by atoms with Gasteiger partial charge in [-0.25, -0.2) is 4.98 Å². The highest BCUT2D eigenvalue weighted by molar-refractivity contribution is 7.99. The van der Waals surface area contributed by atoms with Crippen molar-refractivity contribution in [2.75, 3.05) is 6.54 Å². The molecule has 1 fully saturated rings. The fourth-order valence-corrected chi connectivity index (χ4v) is 4.16. The van der Waals surface area contributed by atoms with Crippen LogP contribution in [0.5, 0.6) is 0 Å². The van der Waals surface area contributed by atoms with Gasteiger partial charge in [-0.1, -0.05) is 32.5 Å². The topological polar surface area (TPSA) is 54.7 Å². The first-order valence-corrected chi connectivity index (χ1v) is 7.74. The summed E-state index contributed by atoms with van der Waals surface area (Å²) in [6, 6.07) is 0. The molecule has 3 unspecified atom stereocenters. The molecule has 102 valence electrons. The Balaban J connectivity index is 2.04. The Morgan fingerprint density at radius 2 is 2.22 bits per heavy atom. The van der Waals surface area contributed by atoms with Gasteiger partial charge in [0.05, 0.1) is 0 Å². The van der Waals surface area contributed by atoms with Gasteiger partial charge in [0.1, 0.15) is 0 Å². The van der Waals surface area contributed by atoms with E-state index in [4.69, 9.17) is 5.73 Å². The van der Waals surface area contributed by atoms with Crippen LogP contribution < -0.4 is 5.73 Å². The number of H-pyrrole nitrogens is 1. The molecule has 1 aromatic rings. The van der Waals surface area contributed by atoms with Crippen LogP contribution in [0.25, 0.3) is 0 Å². The van der Waals surface area contributed by atoms with Gasteiger partial charge in [0, 0.05) is 17.6 Å². The van der Waals surface area contributed by atoms with E-state index in [0.29, 0.717) is 16.6 Å². The lowest BCUT2D eigenvalue weighted by Crippen LogP contribution is -2.36. The van der Waals surface area contributed by atoms with Crippen LogP contribution in [-0.2, 0) is 0 Å². The highest BCUT2D eigenvalue weighted by Gasteiger charge is 2.36. The van der Waals surface area contributed by atoms with Crippen molar-refractivity contribution in [1.29, 1.82) is 0 Å². The lowest BCUT2D eigenvalue weighted by Gasteiger charge is -2.41. The first kappa shape index (κ1) is 13.9. The summed E-state index contributed by atoms with van der Waals surface area (Å²) in [6.07, 6.45) is 7.56. The maximum absolute atomic E-state index is 5.93. The SMILES string of the molecule is CC(C)(C)C1CCC(CN)C(Sc2ncc[nH]2)C1. The first-order chi connectivity index (χ1) is 8.50. The van der Waals surface area contributed by atoms with E-state index < -0.39 is 0 Å². The van der Waals surface area contributed by atoms with Gasteiger partial charge in [-0.05, 0) is 43.1 Å². The second-order valence-corrected chi connectivity index (χ2v) is 7.65. The zero-order valence-corrected chi connectivity index (χ0v) is 12.5. The van der Waals surface area contributed by atoms with Crippen molar-refractivity contribution >= 4 is 11.8 Å². The molecule has 1 aromatic heterocycles. The third kappa shape index (κ3) is 3.29. The Kier molecular flexibility index (Phi) is 4.38. The predicted molar refractivity (Wildman–Crippen MR) is 77.6 cm³/mol. The summed E-state index contributed by atoms with van der Waals surface area (Å²) in [5.41, 5.74) is 6.34. The summed E-state index contributed by atoms with van der Waals surface area (Å²) in [5.74, 6) is 1.44. The molecule has 0 spiro atoms.